The van der Waals surface area contributed by atoms with E-state index in [9.17, 15) is 13.2 Å². The molecule has 0 aliphatic carbocycles. The largest absolute Gasteiger partial charge is 0.481 e. The molecule has 0 radical (unpaired) electrons. The van der Waals surface area contributed by atoms with Crippen LogP contribution in [0.2, 0.25) is 15.1 Å². The molecule has 0 atom stereocenters. The summed E-state index contributed by atoms with van der Waals surface area (Å²) in [5, 5.41) is 9.73. The van der Waals surface area contributed by atoms with Gasteiger partial charge in [0.15, 0.2) is 0 Å². The van der Waals surface area contributed by atoms with Crippen molar-refractivity contribution >= 4 is 56.5 Å². The van der Waals surface area contributed by atoms with Crippen LogP contribution >= 0.6 is 34.8 Å². The van der Waals surface area contributed by atoms with Gasteiger partial charge < -0.3 is 5.11 Å². The van der Waals surface area contributed by atoms with Crippen LogP contribution in [-0.4, -0.2) is 26.0 Å². The zero-order chi connectivity index (χ0) is 18.6. The Balaban J connectivity index is 2.45. The molecule has 134 valence electrons. The predicted molar refractivity (Wildman–Crippen MR) is 99.3 cm³/mol. The summed E-state index contributed by atoms with van der Waals surface area (Å²) in [4.78, 5) is 10.8. The maximum atomic E-state index is 13.0. The quantitative estimate of drug-likeness (QED) is 0.701. The zero-order valence-electron chi connectivity index (χ0n) is 12.8. The first-order valence-electron chi connectivity index (χ1n) is 7.17. The van der Waals surface area contributed by atoms with Crippen molar-refractivity contribution in [3.63, 3.8) is 0 Å². The first-order chi connectivity index (χ1) is 11.7. The third-order valence-corrected chi connectivity index (χ3v) is 5.95. The highest BCUT2D eigenvalue weighted by molar-refractivity contribution is 7.92. The van der Waals surface area contributed by atoms with Crippen molar-refractivity contribution in [2.45, 2.75) is 17.7 Å². The fourth-order valence-corrected chi connectivity index (χ4v) is 4.37. The number of rotatable bonds is 7. The van der Waals surface area contributed by atoms with Crippen molar-refractivity contribution in [2.75, 3.05) is 10.8 Å². The van der Waals surface area contributed by atoms with Gasteiger partial charge in [-0.2, -0.15) is 0 Å². The third kappa shape index (κ3) is 5.01. The van der Waals surface area contributed by atoms with Gasteiger partial charge in [0.05, 0.1) is 15.6 Å². The van der Waals surface area contributed by atoms with Crippen LogP contribution in [0.25, 0.3) is 0 Å². The minimum Gasteiger partial charge on any atom is -0.481 e. The summed E-state index contributed by atoms with van der Waals surface area (Å²) in [5.41, 5.74) is 0.228. The Morgan fingerprint density at radius 3 is 2.16 bits per heavy atom. The standard InChI is InChI=1S/C16H14Cl3NO4S/c17-11-3-6-13(7-4-11)25(23,24)20(9-1-2-16(21)22)15-8-5-12(18)10-14(15)19/h3-8,10H,1-2,9H2,(H,21,22). The lowest BCUT2D eigenvalue weighted by Crippen LogP contribution is -2.32. The van der Waals surface area contributed by atoms with Gasteiger partial charge in [-0.1, -0.05) is 34.8 Å². The monoisotopic (exact) mass is 421 g/mol. The molecule has 1 N–H and O–H groups in total. The van der Waals surface area contributed by atoms with Gasteiger partial charge in [-0.3, -0.25) is 9.10 Å². The molecule has 0 unspecified atom stereocenters. The summed E-state index contributed by atoms with van der Waals surface area (Å²) in [6.45, 7) is -0.0430. The Morgan fingerprint density at radius 2 is 1.60 bits per heavy atom. The number of carboxylic acid groups (broad SMARTS) is 1. The lowest BCUT2D eigenvalue weighted by atomic mass is 10.3. The van der Waals surface area contributed by atoms with Crippen LogP contribution in [0.1, 0.15) is 12.8 Å². The van der Waals surface area contributed by atoms with E-state index < -0.39 is 16.0 Å². The zero-order valence-corrected chi connectivity index (χ0v) is 15.9. The first kappa shape index (κ1) is 19.8. The molecule has 0 spiro atoms. The second-order valence-corrected chi connectivity index (χ2v) is 8.27. The summed E-state index contributed by atoms with van der Waals surface area (Å²) in [7, 11) is -3.95. The van der Waals surface area contributed by atoms with E-state index in [2.05, 4.69) is 0 Å². The molecule has 9 heteroatoms. The van der Waals surface area contributed by atoms with Gasteiger partial charge in [-0.05, 0) is 48.9 Å². The molecule has 2 aromatic carbocycles. The van der Waals surface area contributed by atoms with Gasteiger partial charge in [0.1, 0.15) is 0 Å². The molecule has 0 aromatic heterocycles. The van der Waals surface area contributed by atoms with E-state index in [0.29, 0.717) is 10.0 Å². The highest BCUT2D eigenvalue weighted by atomic mass is 35.5. The Morgan fingerprint density at radius 1 is 1.00 bits per heavy atom. The van der Waals surface area contributed by atoms with Gasteiger partial charge in [0.2, 0.25) is 0 Å². The molecule has 25 heavy (non-hydrogen) atoms. The molecular weight excluding hydrogens is 409 g/mol. The van der Waals surface area contributed by atoms with Gasteiger partial charge in [0, 0.05) is 23.0 Å². The van der Waals surface area contributed by atoms with Crippen LogP contribution in [0.15, 0.2) is 47.4 Å². The SMILES string of the molecule is O=C(O)CCCN(c1ccc(Cl)cc1Cl)S(=O)(=O)c1ccc(Cl)cc1. The number of halogens is 3. The number of carbonyl (C=O) groups is 1. The Kier molecular flexibility index (Phi) is 6.57. The van der Waals surface area contributed by atoms with Crippen molar-refractivity contribution < 1.29 is 18.3 Å². The normalized spacial score (nSPS) is 11.3. The van der Waals surface area contributed by atoms with E-state index >= 15 is 0 Å². The van der Waals surface area contributed by atoms with Crippen molar-refractivity contribution in [1.29, 1.82) is 0 Å². The smallest absolute Gasteiger partial charge is 0.303 e. The fourth-order valence-electron chi connectivity index (χ4n) is 2.16. The molecule has 0 aliphatic heterocycles. The molecule has 0 amide bonds. The van der Waals surface area contributed by atoms with Crippen LogP contribution in [0.5, 0.6) is 0 Å². The molecule has 0 saturated carbocycles. The maximum Gasteiger partial charge on any atom is 0.303 e. The Bertz CT molecular complexity index is 869. The number of hydrogen-bond acceptors (Lipinski definition) is 3. The number of aliphatic carboxylic acids is 1. The molecule has 2 aromatic rings. The van der Waals surface area contributed by atoms with E-state index in [-0.39, 0.29) is 35.0 Å². The summed E-state index contributed by atoms with van der Waals surface area (Å²) in [6.07, 6.45) is -0.0427. The topological polar surface area (TPSA) is 74.7 Å². The van der Waals surface area contributed by atoms with Gasteiger partial charge in [0.25, 0.3) is 10.0 Å². The highest BCUT2D eigenvalue weighted by Gasteiger charge is 2.26. The molecule has 2 rings (SSSR count). The number of carboxylic acids is 1. The van der Waals surface area contributed by atoms with Crippen LogP contribution in [0.4, 0.5) is 5.69 Å². The van der Waals surface area contributed by atoms with Crippen LogP contribution in [0, 0.1) is 0 Å². The van der Waals surface area contributed by atoms with E-state index in [1.54, 1.807) is 0 Å². The minimum absolute atomic E-state index is 0.0261. The molecule has 5 nitrogen and oxygen atoms in total. The van der Waals surface area contributed by atoms with Gasteiger partial charge >= 0.3 is 5.97 Å². The molecular formula is C16H14Cl3NO4S. The molecule has 0 saturated heterocycles. The van der Waals surface area contributed by atoms with E-state index in [1.165, 1.54) is 42.5 Å². The Labute approximate surface area is 160 Å². The Hall–Kier alpha value is -1.47. The van der Waals surface area contributed by atoms with Crippen molar-refractivity contribution in [1.82, 2.24) is 0 Å². The number of nitrogens with zero attached hydrogens (tertiary/aromatic N) is 1. The second kappa shape index (κ2) is 8.27. The van der Waals surface area contributed by atoms with Crippen molar-refractivity contribution in [2.24, 2.45) is 0 Å². The first-order valence-corrected chi connectivity index (χ1v) is 9.74. The lowest BCUT2D eigenvalue weighted by molar-refractivity contribution is -0.137. The van der Waals surface area contributed by atoms with Crippen molar-refractivity contribution in [3.05, 3.63) is 57.5 Å². The van der Waals surface area contributed by atoms with Crippen LogP contribution < -0.4 is 4.31 Å². The van der Waals surface area contributed by atoms with E-state index in [1.807, 2.05) is 0 Å². The average molecular weight is 423 g/mol. The van der Waals surface area contributed by atoms with Crippen LogP contribution in [-0.2, 0) is 14.8 Å². The second-order valence-electron chi connectivity index (χ2n) is 5.12. The summed E-state index contributed by atoms with van der Waals surface area (Å²) < 4.78 is 27.1. The number of anilines is 1. The van der Waals surface area contributed by atoms with Crippen molar-refractivity contribution in [3.8, 4) is 0 Å². The molecule has 0 aliphatic rings. The molecule has 0 fully saturated rings. The van der Waals surface area contributed by atoms with Crippen LogP contribution in [0.3, 0.4) is 0 Å². The van der Waals surface area contributed by atoms with E-state index in [4.69, 9.17) is 39.9 Å². The number of sulfonamides is 1. The maximum absolute atomic E-state index is 13.0. The third-order valence-electron chi connectivity index (χ3n) is 3.33. The minimum atomic E-state index is -3.95. The van der Waals surface area contributed by atoms with E-state index in [0.717, 1.165) is 4.31 Å². The number of hydrogen-bond donors (Lipinski definition) is 1. The van der Waals surface area contributed by atoms with Gasteiger partial charge in [-0.15, -0.1) is 0 Å². The summed E-state index contributed by atoms with van der Waals surface area (Å²) >= 11 is 17.8. The molecule has 0 bridgehead atoms. The van der Waals surface area contributed by atoms with Gasteiger partial charge in [-0.25, -0.2) is 8.42 Å². The lowest BCUT2D eigenvalue weighted by Gasteiger charge is -2.25. The fraction of sp³-hybridized carbons (Fsp3) is 0.188. The summed E-state index contributed by atoms with van der Waals surface area (Å²) in [5.74, 6) is -1.01. The molecule has 0 heterocycles. The predicted octanol–water partition coefficient (Wildman–Crippen LogP) is 4.71. The summed E-state index contributed by atoms with van der Waals surface area (Å²) in [6, 6.07) is 10.1. The highest BCUT2D eigenvalue weighted by Crippen LogP contribution is 2.33. The number of benzene rings is 2. The average Bonchev–Trinajstić information content (AvgIpc) is 2.52.